The lowest BCUT2D eigenvalue weighted by Crippen LogP contribution is -2.49. The highest BCUT2D eigenvalue weighted by atomic mass is 79.9. The van der Waals surface area contributed by atoms with Gasteiger partial charge in [0.2, 0.25) is 0 Å². The van der Waals surface area contributed by atoms with E-state index in [4.69, 9.17) is 21.7 Å². The molecule has 0 saturated carbocycles. The Morgan fingerprint density at radius 1 is 1.00 bits per heavy atom. The van der Waals surface area contributed by atoms with Gasteiger partial charge in [-0.25, -0.2) is 0 Å². The van der Waals surface area contributed by atoms with Gasteiger partial charge in [-0.05, 0) is 49.0 Å². The molecule has 0 unspecified atom stereocenters. The molecule has 31 heavy (non-hydrogen) atoms. The third-order valence-electron chi connectivity index (χ3n) is 4.10. The first-order chi connectivity index (χ1) is 15.0. The van der Waals surface area contributed by atoms with Crippen LogP contribution in [0.15, 0.2) is 53.0 Å². The van der Waals surface area contributed by atoms with Crippen molar-refractivity contribution in [2.45, 2.75) is 32.6 Å². The fourth-order valence-corrected chi connectivity index (χ4v) is 3.05. The van der Waals surface area contributed by atoms with Crippen LogP contribution in [-0.4, -0.2) is 30.1 Å². The smallest absolute Gasteiger partial charge is 0.276 e. The Balaban J connectivity index is 1.81. The summed E-state index contributed by atoms with van der Waals surface area (Å²) in [6.07, 6.45) is 4.29. The summed E-state index contributed by atoms with van der Waals surface area (Å²) in [5, 5.41) is 2.48. The van der Waals surface area contributed by atoms with E-state index >= 15 is 0 Å². The zero-order valence-corrected chi connectivity index (χ0v) is 19.7. The van der Waals surface area contributed by atoms with Crippen LogP contribution in [0, 0.1) is 0 Å². The Labute approximate surface area is 196 Å². The molecule has 0 fully saturated rings. The molecular weight excluding hydrogens is 482 g/mol. The number of hydrazine groups is 1. The number of rotatable bonds is 10. The number of carbonyl (C=O) groups excluding carboxylic acids is 2. The molecule has 0 aliphatic rings. The Bertz CT molecular complexity index is 880. The van der Waals surface area contributed by atoms with Crippen molar-refractivity contribution in [2.75, 3.05) is 13.2 Å². The predicted molar refractivity (Wildman–Crippen MR) is 127 cm³/mol. The van der Waals surface area contributed by atoms with Crippen LogP contribution in [0.3, 0.4) is 0 Å². The number of halogens is 1. The maximum absolute atomic E-state index is 12.6. The zero-order chi connectivity index (χ0) is 22.5. The molecule has 0 aliphatic carbocycles. The van der Waals surface area contributed by atoms with Crippen LogP contribution in [0.4, 0.5) is 0 Å². The van der Waals surface area contributed by atoms with Gasteiger partial charge in [0.25, 0.3) is 11.8 Å². The molecular formula is C22H26BrN3O4S. The van der Waals surface area contributed by atoms with Crippen molar-refractivity contribution in [3.05, 3.63) is 58.6 Å². The lowest BCUT2D eigenvalue weighted by molar-refractivity contribution is -0.123. The Morgan fingerprint density at radius 3 is 2.52 bits per heavy atom. The van der Waals surface area contributed by atoms with Gasteiger partial charge in [0.1, 0.15) is 11.5 Å². The van der Waals surface area contributed by atoms with E-state index < -0.39 is 11.8 Å². The summed E-state index contributed by atoms with van der Waals surface area (Å²) < 4.78 is 11.9. The van der Waals surface area contributed by atoms with Gasteiger partial charge in [-0.3, -0.25) is 25.8 Å². The van der Waals surface area contributed by atoms with Crippen LogP contribution in [0.2, 0.25) is 0 Å². The number of amides is 2. The summed E-state index contributed by atoms with van der Waals surface area (Å²) in [4.78, 5) is 24.5. The van der Waals surface area contributed by atoms with Gasteiger partial charge in [-0.15, -0.1) is 0 Å². The number of ether oxygens (including phenoxy) is 2. The molecule has 0 atom stereocenters. The van der Waals surface area contributed by atoms with Crippen LogP contribution in [-0.2, 0) is 4.79 Å². The maximum Gasteiger partial charge on any atom is 0.276 e. The van der Waals surface area contributed by atoms with Gasteiger partial charge < -0.3 is 9.47 Å². The summed E-state index contributed by atoms with van der Waals surface area (Å²) in [5.74, 6) is 0.154. The molecule has 2 rings (SSSR count). The van der Waals surface area contributed by atoms with Crippen LogP contribution in [0.1, 0.15) is 43.0 Å². The maximum atomic E-state index is 12.6. The molecule has 2 aromatic carbocycles. The van der Waals surface area contributed by atoms with Gasteiger partial charge in [0.15, 0.2) is 11.7 Å². The summed E-state index contributed by atoms with van der Waals surface area (Å²) in [7, 11) is 0. The first-order valence-electron chi connectivity index (χ1n) is 10.00. The van der Waals surface area contributed by atoms with Gasteiger partial charge in [-0.2, -0.15) is 0 Å². The second-order valence-electron chi connectivity index (χ2n) is 6.61. The van der Waals surface area contributed by atoms with E-state index in [1.54, 1.807) is 36.4 Å². The predicted octanol–water partition coefficient (Wildman–Crippen LogP) is 4.12. The van der Waals surface area contributed by atoms with E-state index in [1.165, 1.54) is 0 Å². The molecule has 9 heteroatoms. The fraction of sp³-hybridized carbons (Fsp3) is 0.318. The number of hydrogen-bond donors (Lipinski definition) is 3. The minimum Gasteiger partial charge on any atom is -0.493 e. The summed E-state index contributed by atoms with van der Waals surface area (Å²) >= 11 is 8.45. The number of thiocarbonyl (C=S) groups is 1. The topological polar surface area (TPSA) is 88.7 Å². The van der Waals surface area contributed by atoms with Crippen LogP contribution in [0.5, 0.6) is 11.5 Å². The van der Waals surface area contributed by atoms with Crippen molar-refractivity contribution in [1.82, 2.24) is 16.2 Å². The van der Waals surface area contributed by atoms with Gasteiger partial charge in [-0.1, -0.05) is 60.3 Å². The van der Waals surface area contributed by atoms with Crippen LogP contribution < -0.4 is 25.6 Å². The highest BCUT2D eigenvalue weighted by Gasteiger charge is 2.15. The fourth-order valence-electron chi connectivity index (χ4n) is 2.55. The van der Waals surface area contributed by atoms with E-state index in [-0.39, 0.29) is 11.7 Å². The van der Waals surface area contributed by atoms with Crippen molar-refractivity contribution >= 4 is 45.1 Å². The standard InChI is InChI=1S/C22H26BrN3O4S/c1-2-3-4-8-13-29-19-12-11-16(23)14-18(19)21(28)24-22(31)26-25-20(27)15-30-17-9-6-5-7-10-17/h5-7,9-12,14H,2-4,8,13,15H2,1H3,(H,25,27)(H2,24,26,28,31). The Kier molecular flexibility index (Phi) is 10.8. The van der Waals surface area contributed by atoms with E-state index in [2.05, 4.69) is 39.0 Å². The Morgan fingerprint density at radius 2 is 1.77 bits per heavy atom. The summed E-state index contributed by atoms with van der Waals surface area (Å²) in [6.45, 7) is 2.48. The second-order valence-corrected chi connectivity index (χ2v) is 7.93. The number of unbranched alkanes of at least 4 members (excludes halogenated alkanes) is 3. The number of nitrogens with one attached hydrogen (secondary N) is 3. The van der Waals surface area contributed by atoms with Crippen LogP contribution in [0.25, 0.3) is 0 Å². The van der Waals surface area contributed by atoms with Gasteiger partial charge >= 0.3 is 0 Å². The van der Waals surface area contributed by atoms with Crippen molar-refractivity contribution in [3.63, 3.8) is 0 Å². The minimum absolute atomic E-state index is 0.0491. The van der Waals surface area contributed by atoms with Crippen molar-refractivity contribution in [3.8, 4) is 11.5 Å². The molecule has 2 aromatic rings. The highest BCUT2D eigenvalue weighted by molar-refractivity contribution is 9.10. The average Bonchev–Trinajstić information content (AvgIpc) is 2.77. The molecule has 0 radical (unpaired) electrons. The first kappa shape index (κ1) is 24.6. The third kappa shape index (κ3) is 9.35. The lowest BCUT2D eigenvalue weighted by Gasteiger charge is -2.14. The van der Waals surface area contributed by atoms with Crippen molar-refractivity contribution < 1.29 is 19.1 Å². The van der Waals surface area contributed by atoms with Crippen molar-refractivity contribution in [2.24, 2.45) is 0 Å². The largest absolute Gasteiger partial charge is 0.493 e. The molecule has 2 amide bonds. The molecule has 7 nitrogen and oxygen atoms in total. The highest BCUT2D eigenvalue weighted by Crippen LogP contribution is 2.23. The number of carbonyl (C=O) groups is 2. The quantitative estimate of drug-likeness (QED) is 0.254. The molecule has 0 heterocycles. The van der Waals surface area contributed by atoms with Gasteiger partial charge in [0, 0.05) is 4.47 Å². The van der Waals surface area contributed by atoms with Crippen molar-refractivity contribution in [1.29, 1.82) is 0 Å². The molecule has 166 valence electrons. The molecule has 0 aliphatic heterocycles. The third-order valence-corrected chi connectivity index (χ3v) is 4.79. The first-order valence-corrected chi connectivity index (χ1v) is 11.2. The normalized spacial score (nSPS) is 10.1. The average molecular weight is 508 g/mol. The number of hydrogen-bond acceptors (Lipinski definition) is 5. The minimum atomic E-state index is -0.447. The monoisotopic (exact) mass is 507 g/mol. The van der Waals surface area contributed by atoms with Crippen LogP contribution >= 0.6 is 28.1 Å². The summed E-state index contributed by atoms with van der Waals surface area (Å²) in [6, 6.07) is 14.2. The Hall–Kier alpha value is -2.65. The number of para-hydroxylation sites is 1. The van der Waals surface area contributed by atoms with Gasteiger partial charge in [0.05, 0.1) is 12.2 Å². The molecule has 0 aromatic heterocycles. The lowest BCUT2D eigenvalue weighted by atomic mass is 10.2. The number of benzene rings is 2. The second kappa shape index (κ2) is 13.6. The molecule has 3 N–H and O–H groups in total. The molecule has 0 bridgehead atoms. The van der Waals surface area contributed by atoms with E-state index in [1.807, 2.05) is 12.1 Å². The SMILES string of the molecule is CCCCCCOc1ccc(Br)cc1C(=O)NC(=S)NNC(=O)COc1ccccc1. The molecule has 0 saturated heterocycles. The summed E-state index contributed by atoms with van der Waals surface area (Å²) in [5.41, 5.74) is 5.21. The van der Waals surface area contributed by atoms with E-state index in [0.717, 1.165) is 30.2 Å². The zero-order valence-electron chi connectivity index (χ0n) is 17.3. The van der Waals surface area contributed by atoms with E-state index in [9.17, 15) is 9.59 Å². The van der Waals surface area contributed by atoms with E-state index in [0.29, 0.717) is 23.7 Å². The molecule has 0 spiro atoms.